The zero-order chi connectivity index (χ0) is 18.8. The van der Waals surface area contributed by atoms with E-state index in [-0.39, 0.29) is 11.7 Å². The SMILES string of the molecule is O=C1/C(=C/c2ccc(Cl)cc2)C=C(c2ccccc2)N1c1ccc(O)cc1. The maximum Gasteiger partial charge on any atom is 0.262 e. The third-order valence-corrected chi connectivity index (χ3v) is 4.60. The molecule has 0 spiro atoms. The minimum absolute atomic E-state index is 0.116. The Labute approximate surface area is 162 Å². The van der Waals surface area contributed by atoms with Gasteiger partial charge in [0.05, 0.1) is 5.70 Å². The van der Waals surface area contributed by atoms with Crippen LogP contribution in [0.4, 0.5) is 5.69 Å². The van der Waals surface area contributed by atoms with Gasteiger partial charge < -0.3 is 5.11 Å². The molecule has 0 saturated heterocycles. The molecule has 27 heavy (non-hydrogen) atoms. The van der Waals surface area contributed by atoms with Crippen molar-refractivity contribution in [2.24, 2.45) is 0 Å². The number of amides is 1. The number of hydrogen-bond acceptors (Lipinski definition) is 2. The Morgan fingerprint density at radius 3 is 2.19 bits per heavy atom. The summed E-state index contributed by atoms with van der Waals surface area (Å²) in [5, 5.41) is 10.2. The highest BCUT2D eigenvalue weighted by Crippen LogP contribution is 2.35. The molecule has 1 N–H and O–H groups in total. The number of nitrogens with zero attached hydrogens (tertiary/aromatic N) is 1. The lowest BCUT2D eigenvalue weighted by atomic mass is 10.1. The monoisotopic (exact) mass is 373 g/mol. The van der Waals surface area contributed by atoms with E-state index in [9.17, 15) is 9.90 Å². The summed E-state index contributed by atoms with van der Waals surface area (Å²) < 4.78 is 0. The predicted octanol–water partition coefficient (Wildman–Crippen LogP) is 5.52. The molecule has 0 radical (unpaired) electrons. The number of phenolic OH excluding ortho intramolecular Hbond substituents is 1. The molecule has 3 nitrogen and oxygen atoms in total. The van der Waals surface area contributed by atoms with Gasteiger partial charge in [-0.25, -0.2) is 0 Å². The van der Waals surface area contributed by atoms with Crippen molar-refractivity contribution in [2.45, 2.75) is 0 Å². The number of aromatic hydroxyl groups is 1. The standard InChI is InChI=1S/C23H16ClNO2/c24-19-8-6-16(7-9-19)14-18-15-22(17-4-2-1-3-5-17)25(23(18)27)20-10-12-21(26)13-11-20/h1-15,26H/b18-14+. The molecule has 0 saturated carbocycles. The van der Waals surface area contributed by atoms with Gasteiger partial charge in [0.1, 0.15) is 5.75 Å². The number of carbonyl (C=O) groups excluding carboxylic acids is 1. The van der Waals surface area contributed by atoms with Gasteiger partial charge >= 0.3 is 0 Å². The fourth-order valence-electron chi connectivity index (χ4n) is 3.03. The Balaban J connectivity index is 1.80. The maximum atomic E-state index is 13.2. The molecule has 1 amide bonds. The van der Waals surface area contributed by atoms with Crippen LogP contribution in [0.25, 0.3) is 11.8 Å². The molecule has 0 fully saturated rings. The molecule has 0 aliphatic carbocycles. The first kappa shape index (κ1) is 17.1. The van der Waals surface area contributed by atoms with Crippen molar-refractivity contribution in [2.75, 3.05) is 4.90 Å². The van der Waals surface area contributed by atoms with E-state index in [1.807, 2.05) is 54.6 Å². The first-order valence-corrected chi connectivity index (χ1v) is 8.87. The van der Waals surface area contributed by atoms with Crippen molar-refractivity contribution in [3.05, 3.63) is 107 Å². The van der Waals surface area contributed by atoms with Crippen LogP contribution in [0.1, 0.15) is 11.1 Å². The zero-order valence-corrected chi connectivity index (χ0v) is 15.1. The summed E-state index contributed by atoms with van der Waals surface area (Å²) in [6, 6.07) is 23.7. The Morgan fingerprint density at radius 2 is 1.52 bits per heavy atom. The van der Waals surface area contributed by atoms with Gasteiger partial charge in [-0.3, -0.25) is 9.69 Å². The van der Waals surface area contributed by atoms with Gasteiger partial charge in [-0.2, -0.15) is 0 Å². The summed E-state index contributed by atoms with van der Waals surface area (Å²) in [6.45, 7) is 0. The molecule has 0 aromatic heterocycles. The molecule has 4 heteroatoms. The number of rotatable bonds is 3. The molecule has 3 aromatic rings. The Morgan fingerprint density at radius 1 is 0.852 bits per heavy atom. The van der Waals surface area contributed by atoms with Crippen LogP contribution in [0.15, 0.2) is 90.5 Å². The van der Waals surface area contributed by atoms with Crippen molar-refractivity contribution < 1.29 is 9.90 Å². The van der Waals surface area contributed by atoms with Gasteiger partial charge in [-0.05, 0) is 59.7 Å². The molecule has 1 aliphatic rings. The maximum absolute atomic E-state index is 13.2. The average molecular weight is 374 g/mol. The summed E-state index contributed by atoms with van der Waals surface area (Å²) in [5.74, 6) is 0.0436. The summed E-state index contributed by atoms with van der Waals surface area (Å²) in [5.41, 5.74) is 3.93. The molecule has 1 heterocycles. The van der Waals surface area contributed by atoms with E-state index in [1.54, 1.807) is 41.3 Å². The Kier molecular flexibility index (Phi) is 4.53. The van der Waals surface area contributed by atoms with Crippen LogP contribution in [0, 0.1) is 0 Å². The molecule has 132 valence electrons. The van der Waals surface area contributed by atoms with Gasteiger partial charge in [0.25, 0.3) is 5.91 Å². The van der Waals surface area contributed by atoms with E-state index in [0.29, 0.717) is 16.3 Å². The highest BCUT2D eigenvalue weighted by molar-refractivity contribution is 6.30. The normalized spacial score (nSPS) is 15.3. The Bertz CT molecular complexity index is 1040. The Hall–Kier alpha value is -3.30. The molecule has 0 unspecified atom stereocenters. The number of phenols is 1. The number of hydrogen-bond donors (Lipinski definition) is 1. The second-order valence-electron chi connectivity index (χ2n) is 6.20. The predicted molar refractivity (Wildman–Crippen MR) is 109 cm³/mol. The van der Waals surface area contributed by atoms with Gasteiger partial charge in [-0.15, -0.1) is 0 Å². The van der Waals surface area contributed by atoms with Gasteiger partial charge in [-0.1, -0.05) is 54.1 Å². The third-order valence-electron chi connectivity index (χ3n) is 4.35. The summed E-state index contributed by atoms with van der Waals surface area (Å²) in [4.78, 5) is 14.8. The van der Waals surface area contributed by atoms with Crippen LogP contribution in [-0.2, 0) is 4.79 Å². The van der Waals surface area contributed by atoms with E-state index >= 15 is 0 Å². The third kappa shape index (κ3) is 3.50. The lowest BCUT2D eigenvalue weighted by molar-refractivity contribution is -0.113. The number of anilines is 1. The summed E-state index contributed by atoms with van der Waals surface area (Å²) in [7, 11) is 0. The number of benzene rings is 3. The zero-order valence-electron chi connectivity index (χ0n) is 14.3. The van der Waals surface area contributed by atoms with E-state index in [2.05, 4.69) is 0 Å². The van der Waals surface area contributed by atoms with Gasteiger partial charge in [0.15, 0.2) is 0 Å². The topological polar surface area (TPSA) is 40.5 Å². The molecular formula is C23H16ClNO2. The van der Waals surface area contributed by atoms with Crippen molar-refractivity contribution in [3.8, 4) is 5.75 Å². The van der Waals surface area contributed by atoms with Crippen LogP contribution in [0.3, 0.4) is 0 Å². The molecule has 3 aromatic carbocycles. The smallest absolute Gasteiger partial charge is 0.262 e. The van der Waals surface area contributed by atoms with Crippen molar-refractivity contribution in [3.63, 3.8) is 0 Å². The first-order valence-electron chi connectivity index (χ1n) is 8.50. The highest BCUT2D eigenvalue weighted by Gasteiger charge is 2.30. The lowest BCUT2D eigenvalue weighted by Crippen LogP contribution is -2.24. The fraction of sp³-hybridized carbons (Fsp3) is 0. The van der Waals surface area contributed by atoms with Crippen LogP contribution in [0.2, 0.25) is 5.02 Å². The fourth-order valence-corrected chi connectivity index (χ4v) is 3.16. The van der Waals surface area contributed by atoms with Crippen molar-refractivity contribution in [1.29, 1.82) is 0 Å². The van der Waals surface area contributed by atoms with E-state index < -0.39 is 0 Å². The second kappa shape index (κ2) is 7.14. The number of carbonyl (C=O) groups is 1. The van der Waals surface area contributed by atoms with Crippen molar-refractivity contribution in [1.82, 2.24) is 0 Å². The summed E-state index contributed by atoms with van der Waals surface area (Å²) in [6.07, 6.45) is 3.74. The van der Waals surface area contributed by atoms with E-state index in [0.717, 1.165) is 16.8 Å². The quantitative estimate of drug-likeness (QED) is 0.614. The lowest BCUT2D eigenvalue weighted by Gasteiger charge is -2.20. The van der Waals surface area contributed by atoms with Crippen LogP contribution >= 0.6 is 11.6 Å². The molecule has 0 bridgehead atoms. The second-order valence-corrected chi connectivity index (χ2v) is 6.64. The molecule has 0 atom stereocenters. The molecular weight excluding hydrogens is 358 g/mol. The average Bonchev–Trinajstić information content (AvgIpc) is 3.01. The minimum Gasteiger partial charge on any atom is -0.508 e. The van der Waals surface area contributed by atoms with Gasteiger partial charge in [0, 0.05) is 16.3 Å². The summed E-state index contributed by atoms with van der Waals surface area (Å²) >= 11 is 5.95. The largest absolute Gasteiger partial charge is 0.508 e. The van der Waals surface area contributed by atoms with Gasteiger partial charge in [0.2, 0.25) is 0 Å². The van der Waals surface area contributed by atoms with Crippen LogP contribution in [-0.4, -0.2) is 11.0 Å². The van der Waals surface area contributed by atoms with E-state index in [1.165, 1.54) is 0 Å². The van der Waals surface area contributed by atoms with Crippen molar-refractivity contribution >= 4 is 35.0 Å². The highest BCUT2D eigenvalue weighted by atomic mass is 35.5. The van der Waals surface area contributed by atoms with Crippen LogP contribution < -0.4 is 4.90 Å². The molecule has 1 aliphatic heterocycles. The molecule has 4 rings (SSSR count). The van der Waals surface area contributed by atoms with E-state index in [4.69, 9.17) is 11.6 Å². The minimum atomic E-state index is -0.116. The number of halogens is 1. The van der Waals surface area contributed by atoms with Crippen LogP contribution in [0.5, 0.6) is 5.75 Å². The first-order chi connectivity index (χ1) is 13.1.